The molecule has 1 heterocycles. The lowest BCUT2D eigenvalue weighted by Crippen LogP contribution is -1.99. The van der Waals surface area contributed by atoms with Crippen molar-refractivity contribution in [3.8, 4) is 11.4 Å². The van der Waals surface area contributed by atoms with E-state index in [-0.39, 0.29) is 0 Å². The molecule has 3 aromatic rings. The highest BCUT2D eigenvalue weighted by molar-refractivity contribution is 5.53. The molecule has 4 nitrogen and oxygen atoms in total. The van der Waals surface area contributed by atoms with Crippen LogP contribution in [0, 0.1) is 0 Å². The van der Waals surface area contributed by atoms with E-state index >= 15 is 0 Å². The normalized spacial score (nSPS) is 10.5. The zero-order valence-corrected chi connectivity index (χ0v) is 11.9. The van der Waals surface area contributed by atoms with Crippen molar-refractivity contribution in [2.24, 2.45) is 0 Å². The standard InChI is InChI=1S/C17H17N3O/c1-2-13-8-10-15(11-9-13)18-12-16-19-17(20-21-16)14-6-4-3-5-7-14/h3-11,18H,2,12H2,1H3. The van der Waals surface area contributed by atoms with Gasteiger partial charge >= 0.3 is 0 Å². The van der Waals surface area contributed by atoms with E-state index < -0.39 is 0 Å². The number of hydrogen-bond acceptors (Lipinski definition) is 4. The highest BCUT2D eigenvalue weighted by Gasteiger charge is 2.07. The summed E-state index contributed by atoms with van der Waals surface area (Å²) >= 11 is 0. The second kappa shape index (κ2) is 6.22. The quantitative estimate of drug-likeness (QED) is 0.769. The second-order valence-electron chi connectivity index (χ2n) is 4.78. The molecule has 0 amide bonds. The Hall–Kier alpha value is -2.62. The van der Waals surface area contributed by atoms with E-state index in [0.717, 1.165) is 17.7 Å². The van der Waals surface area contributed by atoms with E-state index in [1.165, 1.54) is 5.56 Å². The SMILES string of the molecule is CCc1ccc(NCc2nc(-c3ccccc3)no2)cc1. The number of hydrogen-bond donors (Lipinski definition) is 1. The van der Waals surface area contributed by atoms with Crippen molar-refractivity contribution in [1.82, 2.24) is 10.1 Å². The zero-order chi connectivity index (χ0) is 14.5. The van der Waals surface area contributed by atoms with Crippen LogP contribution in [0.2, 0.25) is 0 Å². The molecule has 0 aliphatic carbocycles. The lowest BCUT2D eigenvalue weighted by Gasteiger charge is -2.03. The molecule has 0 unspecified atom stereocenters. The molecule has 106 valence electrons. The molecule has 4 heteroatoms. The maximum Gasteiger partial charge on any atom is 0.246 e. The van der Waals surface area contributed by atoms with E-state index in [0.29, 0.717) is 18.3 Å². The van der Waals surface area contributed by atoms with E-state index in [1.54, 1.807) is 0 Å². The van der Waals surface area contributed by atoms with E-state index in [2.05, 4.69) is 46.6 Å². The number of anilines is 1. The van der Waals surface area contributed by atoms with Crippen LogP contribution in [0.5, 0.6) is 0 Å². The Labute approximate surface area is 123 Å². The third kappa shape index (κ3) is 3.28. The Bertz CT molecular complexity index is 690. The second-order valence-corrected chi connectivity index (χ2v) is 4.78. The van der Waals surface area contributed by atoms with Crippen molar-refractivity contribution < 1.29 is 4.52 Å². The van der Waals surface area contributed by atoms with Crippen molar-refractivity contribution in [3.63, 3.8) is 0 Å². The highest BCUT2D eigenvalue weighted by Crippen LogP contribution is 2.16. The summed E-state index contributed by atoms with van der Waals surface area (Å²) in [6.45, 7) is 2.66. The lowest BCUT2D eigenvalue weighted by atomic mass is 10.1. The van der Waals surface area contributed by atoms with Gasteiger partial charge in [-0.1, -0.05) is 54.5 Å². The molecule has 2 aromatic carbocycles. The van der Waals surface area contributed by atoms with Gasteiger partial charge in [0.2, 0.25) is 11.7 Å². The van der Waals surface area contributed by atoms with Gasteiger partial charge in [-0.15, -0.1) is 0 Å². The van der Waals surface area contributed by atoms with Gasteiger partial charge < -0.3 is 9.84 Å². The van der Waals surface area contributed by atoms with Crippen molar-refractivity contribution in [1.29, 1.82) is 0 Å². The fourth-order valence-corrected chi connectivity index (χ4v) is 2.07. The summed E-state index contributed by atoms with van der Waals surface area (Å²) in [7, 11) is 0. The Morgan fingerprint density at radius 2 is 1.76 bits per heavy atom. The Kier molecular flexibility index (Phi) is 3.96. The van der Waals surface area contributed by atoms with Crippen LogP contribution in [-0.2, 0) is 13.0 Å². The van der Waals surface area contributed by atoms with E-state index in [1.807, 2.05) is 30.3 Å². The molecule has 21 heavy (non-hydrogen) atoms. The number of nitrogens with zero attached hydrogens (tertiary/aromatic N) is 2. The molecule has 0 spiro atoms. The summed E-state index contributed by atoms with van der Waals surface area (Å²) in [5.74, 6) is 1.20. The molecule has 1 aromatic heterocycles. The summed E-state index contributed by atoms with van der Waals surface area (Å²) < 4.78 is 5.26. The van der Waals surface area contributed by atoms with Crippen molar-refractivity contribution in [2.75, 3.05) is 5.32 Å². The van der Waals surface area contributed by atoms with Gasteiger partial charge in [0, 0.05) is 11.3 Å². The minimum atomic E-state index is 0.519. The number of rotatable bonds is 5. The molecule has 3 rings (SSSR count). The third-order valence-corrected chi connectivity index (χ3v) is 3.31. The largest absolute Gasteiger partial charge is 0.376 e. The van der Waals surface area contributed by atoms with Gasteiger partial charge in [-0.25, -0.2) is 0 Å². The molecular formula is C17H17N3O. The number of nitrogens with one attached hydrogen (secondary N) is 1. The van der Waals surface area contributed by atoms with Crippen LogP contribution >= 0.6 is 0 Å². The molecule has 1 N–H and O–H groups in total. The van der Waals surface area contributed by atoms with Crippen LogP contribution in [0.1, 0.15) is 18.4 Å². The average molecular weight is 279 g/mol. The Balaban J connectivity index is 1.64. The van der Waals surface area contributed by atoms with Gasteiger partial charge in [0.1, 0.15) is 0 Å². The Morgan fingerprint density at radius 3 is 2.48 bits per heavy atom. The van der Waals surface area contributed by atoms with Gasteiger partial charge in [0.25, 0.3) is 0 Å². The fraction of sp³-hybridized carbons (Fsp3) is 0.176. The molecule has 0 saturated heterocycles. The van der Waals surface area contributed by atoms with Crippen LogP contribution < -0.4 is 5.32 Å². The first kappa shape index (κ1) is 13.4. The van der Waals surface area contributed by atoms with Crippen LogP contribution in [0.4, 0.5) is 5.69 Å². The summed E-state index contributed by atoms with van der Waals surface area (Å²) in [5, 5.41) is 7.28. The first-order valence-electron chi connectivity index (χ1n) is 7.06. The third-order valence-electron chi connectivity index (χ3n) is 3.31. The summed E-state index contributed by atoms with van der Waals surface area (Å²) in [6, 6.07) is 18.2. The zero-order valence-electron chi connectivity index (χ0n) is 11.9. The van der Waals surface area contributed by atoms with Crippen LogP contribution in [0.15, 0.2) is 59.1 Å². The summed E-state index contributed by atoms with van der Waals surface area (Å²) in [5.41, 5.74) is 3.33. The van der Waals surface area contributed by atoms with Gasteiger partial charge in [0.05, 0.1) is 6.54 Å². The van der Waals surface area contributed by atoms with Crippen LogP contribution in [-0.4, -0.2) is 10.1 Å². The van der Waals surface area contributed by atoms with Crippen LogP contribution in [0.25, 0.3) is 11.4 Å². The van der Waals surface area contributed by atoms with Gasteiger partial charge in [0.15, 0.2) is 0 Å². The molecule has 0 atom stereocenters. The van der Waals surface area contributed by atoms with Crippen molar-refractivity contribution in [2.45, 2.75) is 19.9 Å². The molecule has 0 aliphatic heterocycles. The van der Waals surface area contributed by atoms with Crippen LogP contribution in [0.3, 0.4) is 0 Å². The topological polar surface area (TPSA) is 51.0 Å². The predicted molar refractivity (Wildman–Crippen MR) is 82.9 cm³/mol. The maximum absolute atomic E-state index is 5.26. The monoisotopic (exact) mass is 279 g/mol. The highest BCUT2D eigenvalue weighted by atomic mass is 16.5. The molecule has 0 bridgehead atoms. The molecular weight excluding hydrogens is 262 g/mol. The minimum absolute atomic E-state index is 0.519. The number of aryl methyl sites for hydroxylation is 1. The van der Waals surface area contributed by atoms with Crippen molar-refractivity contribution >= 4 is 5.69 Å². The summed E-state index contributed by atoms with van der Waals surface area (Å²) in [4.78, 5) is 4.39. The smallest absolute Gasteiger partial charge is 0.246 e. The maximum atomic E-state index is 5.26. The summed E-state index contributed by atoms with van der Waals surface area (Å²) in [6.07, 6.45) is 1.05. The van der Waals surface area contributed by atoms with Gasteiger partial charge in [-0.2, -0.15) is 4.98 Å². The molecule has 0 radical (unpaired) electrons. The fourth-order valence-electron chi connectivity index (χ4n) is 2.07. The average Bonchev–Trinajstić information content (AvgIpc) is 3.03. The van der Waals surface area contributed by atoms with Gasteiger partial charge in [-0.05, 0) is 24.1 Å². The number of aromatic nitrogens is 2. The minimum Gasteiger partial charge on any atom is -0.376 e. The van der Waals surface area contributed by atoms with E-state index in [4.69, 9.17) is 4.52 Å². The first-order chi connectivity index (χ1) is 10.3. The molecule has 0 aliphatic rings. The lowest BCUT2D eigenvalue weighted by molar-refractivity contribution is 0.384. The van der Waals surface area contributed by atoms with Gasteiger partial charge in [-0.3, -0.25) is 0 Å². The number of benzene rings is 2. The molecule has 0 saturated carbocycles. The van der Waals surface area contributed by atoms with E-state index in [9.17, 15) is 0 Å². The molecule has 0 fully saturated rings. The first-order valence-corrected chi connectivity index (χ1v) is 7.06. The predicted octanol–water partition coefficient (Wildman–Crippen LogP) is 3.91. The van der Waals surface area contributed by atoms with Crippen molar-refractivity contribution in [3.05, 3.63) is 66.1 Å². The Morgan fingerprint density at radius 1 is 1.00 bits per heavy atom.